The van der Waals surface area contributed by atoms with Gasteiger partial charge in [-0.15, -0.1) is 24.0 Å². The average Bonchev–Trinajstić information content (AvgIpc) is 3.07. The van der Waals surface area contributed by atoms with Gasteiger partial charge in [0.25, 0.3) is 0 Å². The number of nitrogens with one attached hydrogen (secondary N) is 1. The highest BCUT2D eigenvalue weighted by atomic mass is 127. The summed E-state index contributed by atoms with van der Waals surface area (Å²) in [5.74, 6) is 1.32. The van der Waals surface area contributed by atoms with Gasteiger partial charge in [0.05, 0.1) is 12.2 Å². The minimum Gasteiger partial charge on any atom is -0.351 e. The van der Waals surface area contributed by atoms with Crippen LogP contribution in [0.5, 0.6) is 0 Å². The summed E-state index contributed by atoms with van der Waals surface area (Å²) in [7, 11) is 1.81. The lowest BCUT2D eigenvalue weighted by atomic mass is 9.99. The first-order valence-corrected chi connectivity index (χ1v) is 8.34. The van der Waals surface area contributed by atoms with E-state index in [1.54, 1.807) is 6.20 Å². The molecule has 1 aromatic heterocycles. The van der Waals surface area contributed by atoms with E-state index in [9.17, 15) is 4.39 Å². The van der Waals surface area contributed by atoms with Crippen molar-refractivity contribution in [2.45, 2.75) is 19.4 Å². The molecule has 6 heteroatoms. The van der Waals surface area contributed by atoms with Gasteiger partial charge in [-0.1, -0.05) is 18.2 Å². The predicted octanol–water partition coefficient (Wildman–Crippen LogP) is 3.48. The molecule has 1 N–H and O–H groups in total. The summed E-state index contributed by atoms with van der Waals surface area (Å²) in [4.78, 5) is 11.0. The molecule has 1 atom stereocenters. The van der Waals surface area contributed by atoms with Gasteiger partial charge >= 0.3 is 0 Å². The smallest absolute Gasteiger partial charge is 0.193 e. The first-order chi connectivity index (χ1) is 11.7. The number of nitrogens with zero attached hydrogens (tertiary/aromatic N) is 3. The summed E-state index contributed by atoms with van der Waals surface area (Å²) in [6.45, 7) is 2.64. The fraction of sp³-hybridized carbons (Fsp3) is 0.368. The van der Waals surface area contributed by atoms with Gasteiger partial charge in [-0.25, -0.2) is 4.39 Å². The summed E-state index contributed by atoms with van der Waals surface area (Å²) in [6, 6.07) is 12.7. The number of rotatable bonds is 4. The second-order valence-electron chi connectivity index (χ2n) is 6.15. The lowest BCUT2D eigenvalue weighted by molar-refractivity contribution is 0.459. The van der Waals surface area contributed by atoms with E-state index in [0.29, 0.717) is 12.5 Å². The van der Waals surface area contributed by atoms with Crippen molar-refractivity contribution in [3.05, 3.63) is 65.7 Å². The highest BCUT2D eigenvalue weighted by Gasteiger charge is 2.24. The van der Waals surface area contributed by atoms with E-state index in [2.05, 4.69) is 20.2 Å². The van der Waals surface area contributed by atoms with E-state index in [4.69, 9.17) is 0 Å². The Labute approximate surface area is 165 Å². The molecule has 1 aliphatic heterocycles. The SMILES string of the molecule is CN=C(NCc1ccccn1)N1CCC(Cc2ccc(F)cc2)C1.I. The van der Waals surface area contributed by atoms with Crippen LogP contribution in [0.2, 0.25) is 0 Å². The molecule has 2 aromatic rings. The second-order valence-corrected chi connectivity index (χ2v) is 6.15. The Bertz CT molecular complexity index is 676. The van der Waals surface area contributed by atoms with Crippen LogP contribution in [0.15, 0.2) is 53.7 Å². The number of likely N-dealkylation sites (tertiary alicyclic amines) is 1. The van der Waals surface area contributed by atoms with Crippen LogP contribution in [-0.2, 0) is 13.0 Å². The van der Waals surface area contributed by atoms with Crippen LogP contribution in [0.3, 0.4) is 0 Å². The van der Waals surface area contributed by atoms with Crippen molar-refractivity contribution in [2.75, 3.05) is 20.1 Å². The second kappa shape index (κ2) is 9.70. The quantitative estimate of drug-likeness (QED) is 0.437. The van der Waals surface area contributed by atoms with E-state index in [-0.39, 0.29) is 29.8 Å². The number of benzene rings is 1. The molecule has 134 valence electrons. The molecule has 1 aromatic carbocycles. The predicted molar refractivity (Wildman–Crippen MR) is 110 cm³/mol. The fourth-order valence-electron chi connectivity index (χ4n) is 3.15. The van der Waals surface area contributed by atoms with Crippen LogP contribution >= 0.6 is 24.0 Å². The average molecular weight is 454 g/mol. The zero-order chi connectivity index (χ0) is 16.8. The molecule has 1 aliphatic rings. The molecule has 0 spiro atoms. The molecular weight excluding hydrogens is 430 g/mol. The molecule has 1 fully saturated rings. The third-order valence-electron chi connectivity index (χ3n) is 4.39. The van der Waals surface area contributed by atoms with Gasteiger partial charge in [0, 0.05) is 26.3 Å². The van der Waals surface area contributed by atoms with Crippen LogP contribution in [-0.4, -0.2) is 36.0 Å². The summed E-state index contributed by atoms with van der Waals surface area (Å²) >= 11 is 0. The van der Waals surface area contributed by atoms with Crippen molar-refractivity contribution < 1.29 is 4.39 Å². The van der Waals surface area contributed by atoms with E-state index >= 15 is 0 Å². The Hall–Kier alpha value is -1.70. The van der Waals surface area contributed by atoms with Crippen molar-refractivity contribution in [1.82, 2.24) is 15.2 Å². The summed E-state index contributed by atoms with van der Waals surface area (Å²) in [6.07, 6.45) is 3.91. The first kappa shape index (κ1) is 19.6. The van der Waals surface area contributed by atoms with Crippen LogP contribution < -0.4 is 5.32 Å². The highest BCUT2D eigenvalue weighted by Crippen LogP contribution is 2.21. The highest BCUT2D eigenvalue weighted by molar-refractivity contribution is 14.0. The third-order valence-corrected chi connectivity index (χ3v) is 4.39. The van der Waals surface area contributed by atoms with Gasteiger partial charge in [-0.05, 0) is 48.6 Å². The maximum absolute atomic E-state index is 13.0. The topological polar surface area (TPSA) is 40.5 Å². The van der Waals surface area contributed by atoms with Gasteiger partial charge in [0.1, 0.15) is 5.82 Å². The molecule has 25 heavy (non-hydrogen) atoms. The third kappa shape index (κ3) is 5.66. The maximum atomic E-state index is 13.0. The number of halogens is 2. The molecule has 2 heterocycles. The lowest BCUT2D eigenvalue weighted by Crippen LogP contribution is -2.39. The van der Waals surface area contributed by atoms with Gasteiger partial charge in [-0.2, -0.15) is 0 Å². The molecule has 0 bridgehead atoms. The van der Waals surface area contributed by atoms with E-state index in [1.807, 2.05) is 37.4 Å². The number of guanidine groups is 1. The lowest BCUT2D eigenvalue weighted by Gasteiger charge is -2.21. The normalized spacial score (nSPS) is 17.3. The number of aromatic nitrogens is 1. The van der Waals surface area contributed by atoms with Gasteiger partial charge < -0.3 is 10.2 Å². The maximum Gasteiger partial charge on any atom is 0.193 e. The Morgan fingerprint density at radius 2 is 2.08 bits per heavy atom. The van der Waals surface area contributed by atoms with Crippen LogP contribution in [0, 0.1) is 11.7 Å². The molecule has 3 rings (SSSR count). The molecule has 1 saturated heterocycles. The minimum absolute atomic E-state index is 0. The Morgan fingerprint density at radius 1 is 1.28 bits per heavy atom. The zero-order valence-electron chi connectivity index (χ0n) is 14.4. The van der Waals surface area contributed by atoms with E-state index < -0.39 is 0 Å². The van der Waals surface area contributed by atoms with Crippen LogP contribution in [0.25, 0.3) is 0 Å². The standard InChI is InChI=1S/C19H23FN4.HI/c1-21-19(23-13-18-4-2-3-10-22-18)24-11-9-16(14-24)12-15-5-7-17(20)8-6-15;/h2-8,10,16H,9,11-14H2,1H3,(H,21,23);1H. The summed E-state index contributed by atoms with van der Waals surface area (Å²) in [5.41, 5.74) is 2.19. The number of hydrogen-bond donors (Lipinski definition) is 1. The Morgan fingerprint density at radius 3 is 2.76 bits per heavy atom. The number of hydrogen-bond acceptors (Lipinski definition) is 2. The van der Waals surface area contributed by atoms with Gasteiger partial charge in [-0.3, -0.25) is 9.98 Å². The van der Waals surface area contributed by atoms with Gasteiger partial charge in [0.15, 0.2) is 5.96 Å². The first-order valence-electron chi connectivity index (χ1n) is 8.34. The molecule has 1 unspecified atom stereocenters. The van der Waals surface area contributed by atoms with Gasteiger partial charge in [0.2, 0.25) is 0 Å². The zero-order valence-corrected chi connectivity index (χ0v) is 16.7. The molecule has 0 saturated carbocycles. The number of aliphatic imine (C=N–C) groups is 1. The van der Waals surface area contributed by atoms with Crippen molar-refractivity contribution in [3.8, 4) is 0 Å². The monoisotopic (exact) mass is 454 g/mol. The molecule has 0 amide bonds. The molecular formula is C19H24FIN4. The van der Waals surface area contributed by atoms with Crippen molar-refractivity contribution in [1.29, 1.82) is 0 Å². The summed E-state index contributed by atoms with van der Waals surface area (Å²) < 4.78 is 13.0. The van der Waals surface area contributed by atoms with Crippen molar-refractivity contribution >= 4 is 29.9 Å². The minimum atomic E-state index is -0.175. The van der Waals surface area contributed by atoms with Crippen molar-refractivity contribution in [2.24, 2.45) is 10.9 Å². The van der Waals surface area contributed by atoms with Crippen molar-refractivity contribution in [3.63, 3.8) is 0 Å². The van der Waals surface area contributed by atoms with E-state index in [0.717, 1.165) is 37.6 Å². The number of pyridine rings is 1. The molecule has 0 aliphatic carbocycles. The summed E-state index contributed by atoms with van der Waals surface area (Å²) in [5, 5.41) is 3.38. The van der Waals surface area contributed by atoms with Crippen LogP contribution in [0.1, 0.15) is 17.7 Å². The largest absolute Gasteiger partial charge is 0.351 e. The molecule has 0 radical (unpaired) electrons. The molecule has 4 nitrogen and oxygen atoms in total. The van der Waals surface area contributed by atoms with E-state index in [1.165, 1.54) is 17.7 Å². The van der Waals surface area contributed by atoms with Crippen LogP contribution in [0.4, 0.5) is 4.39 Å². The Balaban J connectivity index is 0.00000225. The fourth-order valence-corrected chi connectivity index (χ4v) is 3.15. The Kier molecular flexibility index (Phi) is 7.61.